The van der Waals surface area contributed by atoms with Crippen LogP contribution in [0.2, 0.25) is 0 Å². The van der Waals surface area contributed by atoms with Gasteiger partial charge in [0.2, 0.25) is 0 Å². The lowest BCUT2D eigenvalue weighted by molar-refractivity contribution is 1.37. The summed E-state index contributed by atoms with van der Waals surface area (Å²) in [4.78, 5) is 0. The van der Waals surface area contributed by atoms with Gasteiger partial charge in [-0.3, -0.25) is 0 Å². The molecule has 0 aromatic heterocycles. The molecule has 0 bridgehead atoms. The van der Waals surface area contributed by atoms with Crippen LogP contribution in [0.5, 0.6) is 0 Å². The van der Waals surface area contributed by atoms with Crippen molar-refractivity contribution in [3.63, 3.8) is 0 Å². The maximum atomic E-state index is 4.70. The van der Waals surface area contributed by atoms with E-state index in [2.05, 4.69) is 170 Å². The highest BCUT2D eigenvalue weighted by Crippen LogP contribution is 2.57. The summed E-state index contributed by atoms with van der Waals surface area (Å²) in [6.07, 6.45) is 14.8. The van der Waals surface area contributed by atoms with E-state index in [1.165, 1.54) is 92.9 Å². The van der Waals surface area contributed by atoms with Gasteiger partial charge in [-0.15, -0.1) is 0 Å². The van der Waals surface area contributed by atoms with Crippen molar-refractivity contribution >= 4 is 58.9 Å². The highest BCUT2D eigenvalue weighted by atomic mass is 31.1. The Morgan fingerprint density at radius 3 is 1.19 bits per heavy atom. The number of fused-ring (bicyclic) bond motifs is 14. The van der Waals surface area contributed by atoms with E-state index < -0.39 is 7.92 Å². The van der Waals surface area contributed by atoms with Crippen LogP contribution in [0.25, 0.3) is 65.3 Å². The lowest BCUT2D eigenvalue weighted by Gasteiger charge is -2.17. The summed E-state index contributed by atoms with van der Waals surface area (Å²) in [6, 6.07) is 54.6. The fourth-order valence-electron chi connectivity index (χ4n) is 8.87. The van der Waals surface area contributed by atoms with E-state index in [4.69, 9.17) is 6.58 Å². The van der Waals surface area contributed by atoms with Crippen molar-refractivity contribution in [1.29, 1.82) is 0 Å². The van der Waals surface area contributed by atoms with Crippen LogP contribution in [0.15, 0.2) is 182 Å². The second-order valence-electron chi connectivity index (χ2n) is 14.6. The summed E-state index contributed by atoms with van der Waals surface area (Å²) in [6.45, 7) is 4.70. The van der Waals surface area contributed by atoms with Crippen molar-refractivity contribution in [2.45, 2.75) is 24.6 Å². The molecular formula is C51H40P2. The summed E-state index contributed by atoms with van der Waals surface area (Å²) in [5, 5.41) is 12.0. The molecule has 0 N–H and O–H groups in total. The first kappa shape index (κ1) is 32.5. The molecule has 0 amide bonds. The van der Waals surface area contributed by atoms with Gasteiger partial charge in [0.25, 0.3) is 0 Å². The Hall–Kier alpha value is -5.12. The standard InChI is InChI=1S/C51H40P2/c1-35(53-33-42-28-24-38-16-6-10-20-46(38)50(42)51-43(34-53)29-25-39-17-7-11-21-47(39)51)13-3-2-12-30-52-31-40-26-22-36-14-4-8-18-44(36)48(40)49-41(32-52)27-23-37-15-5-9-19-45(37)49/h2-29H,1,30-34H2/b12-2-,13-3-. The molecule has 0 radical (unpaired) electrons. The smallest absolute Gasteiger partial charge is 0.00236 e. The lowest BCUT2D eigenvalue weighted by Crippen LogP contribution is -1.92. The van der Waals surface area contributed by atoms with Crippen LogP contribution in [-0.4, -0.2) is 6.16 Å². The van der Waals surface area contributed by atoms with Crippen molar-refractivity contribution in [3.05, 3.63) is 204 Å². The Kier molecular flexibility index (Phi) is 8.41. The van der Waals surface area contributed by atoms with Crippen molar-refractivity contribution < 1.29 is 0 Å². The van der Waals surface area contributed by atoms with Gasteiger partial charge in [0.15, 0.2) is 0 Å². The van der Waals surface area contributed by atoms with Gasteiger partial charge in [-0.2, -0.15) is 0 Å². The minimum absolute atomic E-state index is 0.257. The number of rotatable bonds is 5. The Balaban J connectivity index is 0.931. The molecule has 2 heterocycles. The largest absolute Gasteiger partial charge is 0.0938 e. The molecule has 0 saturated heterocycles. The summed E-state index contributed by atoms with van der Waals surface area (Å²) >= 11 is 0. The molecule has 254 valence electrons. The normalized spacial score (nSPS) is 14.7. The maximum absolute atomic E-state index is 4.70. The average Bonchev–Trinajstić information content (AvgIpc) is 3.49. The predicted octanol–water partition coefficient (Wildman–Crippen LogP) is 15.0. The second kappa shape index (κ2) is 13.7. The first-order valence-corrected chi connectivity index (χ1v) is 22.3. The van der Waals surface area contributed by atoms with Gasteiger partial charge in [-0.05, 0) is 124 Å². The Morgan fingerprint density at radius 1 is 0.434 bits per heavy atom. The molecule has 8 aromatic carbocycles. The zero-order valence-electron chi connectivity index (χ0n) is 29.8. The third-order valence-corrected chi connectivity index (χ3v) is 16.1. The molecule has 0 nitrogen and oxygen atoms in total. The highest BCUT2D eigenvalue weighted by molar-refractivity contribution is 7.60. The Bertz CT molecular complexity index is 2630. The van der Waals surface area contributed by atoms with Gasteiger partial charge in [0, 0.05) is 0 Å². The fraction of sp³-hybridized carbons (Fsp3) is 0.0980. The topological polar surface area (TPSA) is 0 Å². The van der Waals surface area contributed by atoms with Crippen LogP contribution in [0.1, 0.15) is 22.3 Å². The third-order valence-electron chi connectivity index (χ3n) is 11.4. The van der Waals surface area contributed by atoms with E-state index in [1.54, 1.807) is 0 Å². The van der Waals surface area contributed by atoms with Crippen molar-refractivity contribution in [1.82, 2.24) is 0 Å². The number of hydrogen-bond donors (Lipinski definition) is 0. The molecule has 0 fully saturated rings. The van der Waals surface area contributed by atoms with Crippen LogP contribution in [-0.2, 0) is 24.6 Å². The van der Waals surface area contributed by atoms with E-state index in [0.29, 0.717) is 0 Å². The quantitative estimate of drug-likeness (QED) is 0.123. The molecule has 0 atom stereocenters. The first-order chi connectivity index (χ1) is 26.2. The molecule has 2 aliphatic rings. The molecule has 0 unspecified atom stereocenters. The monoisotopic (exact) mass is 714 g/mol. The zero-order chi connectivity index (χ0) is 35.3. The van der Waals surface area contributed by atoms with Gasteiger partial charge < -0.3 is 0 Å². The number of allylic oxidation sites excluding steroid dienone is 5. The van der Waals surface area contributed by atoms with E-state index >= 15 is 0 Å². The summed E-state index contributed by atoms with van der Waals surface area (Å²) in [5.74, 6) is 0. The molecule has 53 heavy (non-hydrogen) atoms. The van der Waals surface area contributed by atoms with Crippen molar-refractivity contribution in [2.24, 2.45) is 0 Å². The first-order valence-electron chi connectivity index (χ1n) is 18.7. The van der Waals surface area contributed by atoms with E-state index in [-0.39, 0.29) is 7.92 Å². The van der Waals surface area contributed by atoms with Crippen LogP contribution in [0.4, 0.5) is 0 Å². The molecule has 0 saturated carbocycles. The molecule has 10 rings (SSSR count). The number of hydrogen-bond acceptors (Lipinski definition) is 0. The van der Waals surface area contributed by atoms with Crippen molar-refractivity contribution in [3.8, 4) is 22.3 Å². The van der Waals surface area contributed by atoms with Crippen LogP contribution < -0.4 is 0 Å². The van der Waals surface area contributed by atoms with Crippen molar-refractivity contribution in [2.75, 3.05) is 6.16 Å². The molecule has 2 heteroatoms. The average molecular weight is 715 g/mol. The second-order valence-corrected chi connectivity index (χ2v) is 19.2. The minimum Gasteiger partial charge on any atom is -0.0938 e. The zero-order valence-corrected chi connectivity index (χ0v) is 31.6. The third kappa shape index (κ3) is 5.87. The highest BCUT2D eigenvalue weighted by Gasteiger charge is 2.26. The van der Waals surface area contributed by atoms with E-state index in [9.17, 15) is 0 Å². The van der Waals surface area contributed by atoms with Gasteiger partial charge in [-0.1, -0.05) is 192 Å². The Labute approximate surface area is 314 Å². The van der Waals surface area contributed by atoms with E-state index in [0.717, 1.165) is 30.8 Å². The molecular weight excluding hydrogens is 675 g/mol. The van der Waals surface area contributed by atoms with Crippen LogP contribution in [0.3, 0.4) is 0 Å². The van der Waals surface area contributed by atoms with Crippen LogP contribution in [0, 0.1) is 0 Å². The maximum Gasteiger partial charge on any atom is -0.00236 e. The van der Waals surface area contributed by atoms with Gasteiger partial charge >= 0.3 is 0 Å². The molecule has 0 spiro atoms. The van der Waals surface area contributed by atoms with Gasteiger partial charge in [0.1, 0.15) is 0 Å². The summed E-state index contributed by atoms with van der Waals surface area (Å²) in [7, 11) is -0.735. The molecule has 0 aliphatic carbocycles. The van der Waals surface area contributed by atoms with Crippen LogP contribution >= 0.6 is 15.8 Å². The Morgan fingerprint density at radius 2 is 0.792 bits per heavy atom. The van der Waals surface area contributed by atoms with E-state index in [1.807, 2.05) is 0 Å². The lowest BCUT2D eigenvalue weighted by atomic mass is 9.88. The summed E-state index contributed by atoms with van der Waals surface area (Å²) < 4.78 is 0. The fourth-order valence-corrected chi connectivity index (χ4v) is 13.3. The minimum atomic E-state index is -0.479. The van der Waals surface area contributed by atoms with Gasteiger partial charge in [-0.25, -0.2) is 0 Å². The molecule has 8 aromatic rings. The predicted molar refractivity (Wildman–Crippen MR) is 235 cm³/mol. The number of benzene rings is 8. The SMILES string of the molecule is C=C(/C=C\C=C/CP1Cc2ccc3ccccc3c2-c2c(ccc3ccccc23)C1)P1Cc2ccc3ccccc3c2-c2c(ccc3ccccc23)C1. The molecule has 2 aliphatic heterocycles. The summed E-state index contributed by atoms with van der Waals surface area (Å²) in [5.41, 5.74) is 11.7. The van der Waals surface area contributed by atoms with Gasteiger partial charge in [0.05, 0.1) is 0 Å².